The maximum Gasteiger partial charge on any atom is 0.239 e. The Morgan fingerprint density at radius 1 is 1.21 bits per heavy atom. The monoisotopic (exact) mass is 625 g/mol. The number of carbonyl (C=O) groups excluding carboxylic acids is 2. The minimum Gasteiger partial charge on any atom is -0.394 e. The summed E-state index contributed by atoms with van der Waals surface area (Å²) in [6.07, 6.45) is 1.89. The number of fused-ring (bicyclic) bond motifs is 1. The molecule has 0 radical (unpaired) electrons. The Labute approximate surface area is 245 Å². The van der Waals surface area contributed by atoms with Gasteiger partial charge in [-0.15, -0.1) is 11.8 Å². The van der Waals surface area contributed by atoms with Crippen LogP contribution in [0, 0.1) is 6.92 Å². The van der Waals surface area contributed by atoms with Gasteiger partial charge >= 0.3 is 0 Å². The predicted octanol–water partition coefficient (Wildman–Crippen LogP) is 6.39. The van der Waals surface area contributed by atoms with Gasteiger partial charge in [-0.3, -0.25) is 9.59 Å². The van der Waals surface area contributed by atoms with Crippen molar-refractivity contribution < 1.29 is 14.7 Å². The van der Waals surface area contributed by atoms with Crippen LogP contribution in [0.25, 0.3) is 10.9 Å². The van der Waals surface area contributed by atoms with Gasteiger partial charge in [0.2, 0.25) is 11.8 Å². The van der Waals surface area contributed by atoms with E-state index in [1.54, 1.807) is 6.92 Å². The van der Waals surface area contributed by atoms with Gasteiger partial charge < -0.3 is 20.3 Å². The Morgan fingerprint density at radius 2 is 1.92 bits per heavy atom. The Bertz CT molecular complexity index is 1510. The summed E-state index contributed by atoms with van der Waals surface area (Å²) < 4.78 is -0.245. The molecule has 4 aromatic rings. The number of halogens is 2. The zero-order valence-electron chi connectivity index (χ0n) is 21.6. The lowest BCUT2D eigenvalue weighted by molar-refractivity contribution is -0.129. The number of aryl methyl sites for hydroxylation is 1. The number of aliphatic hydroxyl groups is 1. The summed E-state index contributed by atoms with van der Waals surface area (Å²) >= 11 is 11.2. The molecular formula is C30H29BrClN3O3S. The Morgan fingerprint density at radius 3 is 2.62 bits per heavy atom. The Kier molecular flexibility index (Phi) is 8.10. The van der Waals surface area contributed by atoms with Crippen molar-refractivity contribution in [3.8, 4) is 0 Å². The van der Waals surface area contributed by atoms with E-state index in [-0.39, 0.29) is 24.8 Å². The number of amides is 2. The second-order valence-electron chi connectivity index (χ2n) is 10.0. The van der Waals surface area contributed by atoms with Gasteiger partial charge in [0, 0.05) is 49.6 Å². The summed E-state index contributed by atoms with van der Waals surface area (Å²) in [6, 6.07) is 20.4. The number of H-pyrrole nitrogens is 1. The van der Waals surface area contributed by atoms with E-state index in [9.17, 15) is 14.7 Å². The van der Waals surface area contributed by atoms with E-state index >= 15 is 0 Å². The molecule has 0 aliphatic carbocycles. The highest BCUT2D eigenvalue weighted by Gasteiger charge is 2.58. The number of benzene rings is 3. The molecular weight excluding hydrogens is 598 g/mol. The molecule has 1 saturated heterocycles. The summed E-state index contributed by atoms with van der Waals surface area (Å²) in [5, 5.41) is 14.2. The van der Waals surface area contributed by atoms with E-state index < -0.39 is 16.8 Å². The van der Waals surface area contributed by atoms with Crippen molar-refractivity contribution in [3.63, 3.8) is 0 Å². The molecule has 1 aromatic heterocycles. The molecule has 2 amide bonds. The molecule has 0 spiro atoms. The standard InChI is InChI=1S/C30H29BrClN3O3S/c1-18-3-10-23(11-4-18)39-30(29(38)34-19(2)17-36)14-27(37)35(16-20-5-7-21(31)8-6-20)28(30)25-15-33-26-13-22(32)9-12-24(25)26/h3-13,15,19,28,33,36H,14,16-17H2,1-2H3,(H,34,38)/t19-,28+,30+/m1/s1. The molecule has 3 N–H and O–H groups in total. The first-order valence-corrected chi connectivity index (χ1v) is 14.7. The van der Waals surface area contributed by atoms with Gasteiger partial charge in [0.25, 0.3) is 0 Å². The number of nitrogens with zero attached hydrogens (tertiary/aromatic N) is 1. The van der Waals surface area contributed by atoms with Crippen molar-refractivity contribution in [2.75, 3.05) is 6.61 Å². The van der Waals surface area contributed by atoms with Crippen molar-refractivity contribution in [2.45, 2.75) is 48.5 Å². The van der Waals surface area contributed by atoms with Gasteiger partial charge in [0.1, 0.15) is 4.75 Å². The largest absolute Gasteiger partial charge is 0.394 e. The first kappa shape index (κ1) is 27.8. The zero-order chi connectivity index (χ0) is 27.7. The second kappa shape index (κ2) is 11.4. The molecule has 0 saturated carbocycles. The first-order chi connectivity index (χ1) is 18.7. The number of hydrogen-bond donors (Lipinski definition) is 3. The van der Waals surface area contributed by atoms with Crippen LogP contribution in [0.1, 0.15) is 36.1 Å². The van der Waals surface area contributed by atoms with Gasteiger partial charge in [-0.25, -0.2) is 0 Å². The van der Waals surface area contributed by atoms with Crippen molar-refractivity contribution >= 4 is 62.0 Å². The highest BCUT2D eigenvalue weighted by atomic mass is 79.9. The quantitative estimate of drug-likeness (QED) is 0.212. The topological polar surface area (TPSA) is 85.4 Å². The fourth-order valence-corrected chi connectivity index (χ4v) is 6.94. The SMILES string of the molecule is Cc1ccc(S[C@@]2(C(=O)N[C@H](C)CO)CC(=O)N(Cc3ccc(Br)cc3)[C@H]2c2c[nH]c3cc(Cl)ccc23)cc1. The fraction of sp³-hybridized carbons (Fsp3) is 0.267. The number of thioether (sulfide) groups is 1. The van der Waals surface area contributed by atoms with Crippen LogP contribution in [-0.4, -0.2) is 44.2 Å². The maximum absolute atomic E-state index is 14.2. The van der Waals surface area contributed by atoms with Crippen LogP contribution in [0.3, 0.4) is 0 Å². The van der Waals surface area contributed by atoms with Gasteiger partial charge in [-0.2, -0.15) is 0 Å². The molecule has 3 aromatic carbocycles. The van der Waals surface area contributed by atoms with Gasteiger partial charge in [-0.1, -0.05) is 63.4 Å². The van der Waals surface area contributed by atoms with Crippen LogP contribution in [0.15, 0.2) is 82.3 Å². The van der Waals surface area contributed by atoms with Gasteiger partial charge in [-0.05, 0) is 55.8 Å². The number of aromatic nitrogens is 1. The first-order valence-electron chi connectivity index (χ1n) is 12.7. The Balaban J connectivity index is 1.69. The van der Waals surface area contributed by atoms with Crippen molar-refractivity contribution in [1.82, 2.24) is 15.2 Å². The molecule has 5 rings (SSSR count). The molecule has 3 atom stereocenters. The van der Waals surface area contributed by atoms with E-state index in [0.29, 0.717) is 11.6 Å². The number of likely N-dealkylation sites (tertiary alicyclic amines) is 1. The maximum atomic E-state index is 14.2. The lowest BCUT2D eigenvalue weighted by Gasteiger charge is -2.37. The molecule has 6 nitrogen and oxygen atoms in total. The van der Waals surface area contributed by atoms with Crippen molar-refractivity contribution in [3.05, 3.63) is 99.1 Å². The number of rotatable bonds is 8. The zero-order valence-corrected chi connectivity index (χ0v) is 24.7. The summed E-state index contributed by atoms with van der Waals surface area (Å²) in [4.78, 5) is 34.1. The molecule has 202 valence electrons. The second-order valence-corrected chi connectivity index (χ2v) is 12.8. The van der Waals surface area contributed by atoms with E-state index in [2.05, 4.69) is 26.2 Å². The summed E-state index contributed by atoms with van der Waals surface area (Å²) in [5.41, 5.74) is 3.74. The average molecular weight is 627 g/mol. The molecule has 0 unspecified atom stereocenters. The van der Waals surface area contributed by atoms with E-state index in [0.717, 1.165) is 37.0 Å². The summed E-state index contributed by atoms with van der Waals surface area (Å²) in [6.45, 7) is 3.90. The molecule has 1 fully saturated rings. The highest BCUT2D eigenvalue weighted by molar-refractivity contribution is 9.10. The average Bonchev–Trinajstić information content (AvgIpc) is 3.44. The minimum absolute atomic E-state index is 0.0109. The third-order valence-corrected chi connectivity index (χ3v) is 9.27. The summed E-state index contributed by atoms with van der Waals surface area (Å²) in [7, 11) is 0. The molecule has 0 bridgehead atoms. The van der Waals surface area contributed by atoms with Crippen molar-refractivity contribution in [2.24, 2.45) is 0 Å². The molecule has 1 aliphatic heterocycles. The third-order valence-electron chi connectivity index (χ3n) is 7.08. The van der Waals surface area contributed by atoms with Crippen LogP contribution >= 0.6 is 39.3 Å². The van der Waals surface area contributed by atoms with Crippen LogP contribution < -0.4 is 5.32 Å². The van der Waals surface area contributed by atoms with Gasteiger partial charge in [0.15, 0.2) is 0 Å². The fourth-order valence-electron chi connectivity index (χ4n) is 5.10. The molecule has 9 heteroatoms. The highest BCUT2D eigenvalue weighted by Crippen LogP contribution is 2.54. The molecule has 1 aliphatic rings. The number of carbonyl (C=O) groups is 2. The normalized spacial score (nSPS) is 20.0. The van der Waals surface area contributed by atoms with Crippen molar-refractivity contribution in [1.29, 1.82) is 0 Å². The van der Waals surface area contributed by atoms with E-state index in [1.807, 2.05) is 84.8 Å². The number of aliphatic hydroxyl groups excluding tert-OH is 1. The van der Waals surface area contributed by atoms with E-state index in [1.165, 1.54) is 11.8 Å². The number of aromatic amines is 1. The van der Waals surface area contributed by atoms with Crippen LogP contribution in [-0.2, 0) is 16.1 Å². The number of nitrogens with one attached hydrogen (secondary N) is 2. The number of hydrogen-bond acceptors (Lipinski definition) is 4. The predicted molar refractivity (Wildman–Crippen MR) is 160 cm³/mol. The van der Waals surface area contributed by atoms with E-state index in [4.69, 9.17) is 11.6 Å². The lowest BCUT2D eigenvalue weighted by Crippen LogP contribution is -2.51. The van der Waals surface area contributed by atoms with Gasteiger partial charge in [0.05, 0.1) is 19.1 Å². The van der Waals surface area contributed by atoms with Crippen LogP contribution in [0.5, 0.6) is 0 Å². The summed E-state index contributed by atoms with van der Waals surface area (Å²) in [5.74, 6) is -0.396. The smallest absolute Gasteiger partial charge is 0.239 e. The van der Waals surface area contributed by atoms with Crippen LogP contribution in [0.2, 0.25) is 5.02 Å². The Hall–Kier alpha value is -2.78. The molecule has 39 heavy (non-hydrogen) atoms. The minimum atomic E-state index is -1.19. The van der Waals surface area contributed by atoms with Crippen LogP contribution in [0.4, 0.5) is 0 Å². The molecule has 2 heterocycles. The third kappa shape index (κ3) is 5.61. The lowest BCUT2D eigenvalue weighted by atomic mass is 9.90.